The molecule has 3 nitrogen and oxygen atoms in total. The Labute approximate surface area is 92.6 Å². The van der Waals surface area contributed by atoms with E-state index in [9.17, 15) is 4.79 Å². The first-order valence-electron chi connectivity index (χ1n) is 5.92. The predicted molar refractivity (Wildman–Crippen MR) is 60.9 cm³/mol. The first-order valence-corrected chi connectivity index (χ1v) is 5.92. The van der Waals surface area contributed by atoms with Crippen molar-refractivity contribution < 1.29 is 9.53 Å². The summed E-state index contributed by atoms with van der Waals surface area (Å²) in [6.07, 6.45) is 2.77. The van der Waals surface area contributed by atoms with Gasteiger partial charge in [0.2, 0.25) is 0 Å². The molecule has 1 saturated heterocycles. The third kappa shape index (κ3) is 3.92. The molecule has 1 aliphatic heterocycles. The first-order chi connectivity index (χ1) is 7.06. The van der Waals surface area contributed by atoms with Crippen molar-refractivity contribution in [2.75, 3.05) is 19.8 Å². The molecule has 1 fully saturated rings. The van der Waals surface area contributed by atoms with Gasteiger partial charge in [0.15, 0.2) is 5.78 Å². The van der Waals surface area contributed by atoms with Crippen LogP contribution in [-0.2, 0) is 9.53 Å². The Morgan fingerprint density at radius 1 is 1.40 bits per heavy atom. The van der Waals surface area contributed by atoms with Crippen molar-refractivity contribution in [3.05, 3.63) is 0 Å². The molecule has 3 heteroatoms. The zero-order valence-electron chi connectivity index (χ0n) is 10.1. The molecule has 1 aliphatic rings. The number of carbonyl (C=O) groups excluding carboxylic acids is 1. The zero-order chi connectivity index (χ0) is 11.3. The Kier molecular flexibility index (Phi) is 4.74. The van der Waals surface area contributed by atoms with Crippen LogP contribution in [0.3, 0.4) is 0 Å². The number of carbonyl (C=O) groups is 1. The summed E-state index contributed by atoms with van der Waals surface area (Å²) in [5, 5.41) is 3.23. The Bertz CT molecular complexity index is 208. The van der Waals surface area contributed by atoms with Gasteiger partial charge in [-0.25, -0.2) is 0 Å². The van der Waals surface area contributed by atoms with Gasteiger partial charge in [-0.15, -0.1) is 0 Å². The van der Waals surface area contributed by atoms with Crippen molar-refractivity contribution in [2.24, 2.45) is 5.92 Å². The highest BCUT2D eigenvalue weighted by Crippen LogP contribution is 2.21. The number of ether oxygens (including phenoxy) is 1. The minimum Gasteiger partial charge on any atom is -0.381 e. The smallest absolute Gasteiger partial charge is 0.152 e. The van der Waals surface area contributed by atoms with Gasteiger partial charge >= 0.3 is 0 Å². The van der Waals surface area contributed by atoms with Gasteiger partial charge in [0, 0.05) is 19.6 Å². The highest BCUT2D eigenvalue weighted by atomic mass is 16.5. The topological polar surface area (TPSA) is 38.3 Å². The molecule has 0 aromatic rings. The fourth-order valence-electron chi connectivity index (χ4n) is 2.01. The van der Waals surface area contributed by atoms with Crippen LogP contribution in [0.2, 0.25) is 0 Å². The van der Waals surface area contributed by atoms with Crippen molar-refractivity contribution in [3.8, 4) is 0 Å². The maximum absolute atomic E-state index is 12.0. The Hall–Kier alpha value is -0.410. The third-order valence-corrected chi connectivity index (χ3v) is 3.13. The minimum absolute atomic E-state index is 0.330. The van der Waals surface area contributed by atoms with Gasteiger partial charge in [0.1, 0.15) is 0 Å². The molecule has 0 atom stereocenters. The van der Waals surface area contributed by atoms with Crippen LogP contribution in [0.4, 0.5) is 0 Å². The molecule has 0 spiro atoms. The summed E-state index contributed by atoms with van der Waals surface area (Å²) in [5.41, 5.74) is -0.368. The Morgan fingerprint density at radius 2 is 2.00 bits per heavy atom. The summed E-state index contributed by atoms with van der Waals surface area (Å²) in [7, 11) is 0. The van der Waals surface area contributed by atoms with Gasteiger partial charge in [-0.3, -0.25) is 4.79 Å². The van der Waals surface area contributed by atoms with Gasteiger partial charge in [-0.2, -0.15) is 0 Å². The molecule has 88 valence electrons. The molecule has 0 aromatic heterocycles. The van der Waals surface area contributed by atoms with E-state index in [-0.39, 0.29) is 5.54 Å². The van der Waals surface area contributed by atoms with Crippen molar-refractivity contribution in [1.29, 1.82) is 0 Å². The monoisotopic (exact) mass is 213 g/mol. The SMILES string of the molecule is CCNC(C)(C)C(=O)CC1CCOCC1. The lowest BCUT2D eigenvalue weighted by Gasteiger charge is -2.28. The molecule has 0 bridgehead atoms. The van der Waals surface area contributed by atoms with Crippen molar-refractivity contribution in [2.45, 2.75) is 45.6 Å². The Morgan fingerprint density at radius 3 is 2.53 bits per heavy atom. The number of likely N-dealkylation sites (N-methyl/N-ethyl adjacent to an activating group) is 1. The van der Waals surface area contributed by atoms with Crippen LogP contribution in [0.15, 0.2) is 0 Å². The van der Waals surface area contributed by atoms with E-state index in [1.165, 1.54) is 0 Å². The number of nitrogens with one attached hydrogen (secondary N) is 1. The average molecular weight is 213 g/mol. The molecular formula is C12H23NO2. The molecule has 1 rings (SSSR count). The summed E-state index contributed by atoms with van der Waals surface area (Å²) in [6, 6.07) is 0. The second-order valence-corrected chi connectivity index (χ2v) is 4.84. The van der Waals surface area contributed by atoms with Crippen molar-refractivity contribution >= 4 is 5.78 Å². The highest BCUT2D eigenvalue weighted by Gasteiger charge is 2.28. The normalized spacial score (nSPS) is 19.1. The van der Waals surface area contributed by atoms with Crippen molar-refractivity contribution in [1.82, 2.24) is 5.32 Å². The molecule has 0 saturated carbocycles. The van der Waals surface area contributed by atoms with E-state index < -0.39 is 0 Å². The van der Waals surface area contributed by atoms with Gasteiger partial charge < -0.3 is 10.1 Å². The average Bonchev–Trinajstić information content (AvgIpc) is 2.19. The summed E-state index contributed by atoms with van der Waals surface area (Å²) in [4.78, 5) is 12.0. The van der Waals surface area contributed by atoms with Crippen LogP contribution in [0.25, 0.3) is 0 Å². The quantitative estimate of drug-likeness (QED) is 0.756. The maximum Gasteiger partial charge on any atom is 0.152 e. The molecule has 1 heterocycles. The largest absolute Gasteiger partial charge is 0.381 e. The second-order valence-electron chi connectivity index (χ2n) is 4.84. The number of ketones is 1. The van der Waals surface area contributed by atoms with E-state index in [0.717, 1.165) is 32.6 Å². The zero-order valence-corrected chi connectivity index (χ0v) is 10.1. The molecule has 0 amide bonds. The fraction of sp³-hybridized carbons (Fsp3) is 0.917. The predicted octanol–water partition coefficient (Wildman–Crippen LogP) is 1.76. The van der Waals surface area contributed by atoms with Gasteiger partial charge in [-0.05, 0) is 39.2 Å². The van der Waals surface area contributed by atoms with E-state index >= 15 is 0 Å². The second kappa shape index (κ2) is 5.61. The van der Waals surface area contributed by atoms with E-state index in [4.69, 9.17) is 4.74 Å². The molecule has 0 aromatic carbocycles. The maximum atomic E-state index is 12.0. The molecule has 15 heavy (non-hydrogen) atoms. The molecule has 0 aliphatic carbocycles. The van der Waals surface area contributed by atoms with E-state index in [0.29, 0.717) is 18.1 Å². The van der Waals surface area contributed by atoms with E-state index in [2.05, 4.69) is 5.32 Å². The number of Topliss-reactive ketones (excluding diaryl/α,β-unsaturated/α-hetero) is 1. The van der Waals surface area contributed by atoms with Gasteiger partial charge in [-0.1, -0.05) is 6.92 Å². The summed E-state index contributed by atoms with van der Waals surface area (Å²) < 4.78 is 5.29. The van der Waals surface area contributed by atoms with Gasteiger partial charge in [0.05, 0.1) is 5.54 Å². The number of hydrogen-bond acceptors (Lipinski definition) is 3. The van der Waals surface area contributed by atoms with Crippen LogP contribution in [0.5, 0.6) is 0 Å². The standard InChI is InChI=1S/C12H23NO2/c1-4-13-12(2,3)11(14)9-10-5-7-15-8-6-10/h10,13H,4-9H2,1-3H3. The summed E-state index contributed by atoms with van der Waals surface area (Å²) >= 11 is 0. The highest BCUT2D eigenvalue weighted by molar-refractivity contribution is 5.87. The summed E-state index contributed by atoms with van der Waals surface area (Å²) in [6.45, 7) is 8.45. The van der Waals surface area contributed by atoms with E-state index in [1.807, 2.05) is 20.8 Å². The number of hydrogen-bond donors (Lipinski definition) is 1. The molecule has 0 unspecified atom stereocenters. The lowest BCUT2D eigenvalue weighted by molar-refractivity contribution is -0.125. The molecule has 0 radical (unpaired) electrons. The number of rotatable bonds is 5. The fourth-order valence-corrected chi connectivity index (χ4v) is 2.01. The van der Waals surface area contributed by atoms with Crippen LogP contribution in [-0.4, -0.2) is 31.1 Å². The summed E-state index contributed by atoms with van der Waals surface area (Å²) in [5.74, 6) is 0.862. The van der Waals surface area contributed by atoms with Crippen LogP contribution >= 0.6 is 0 Å². The van der Waals surface area contributed by atoms with Crippen LogP contribution < -0.4 is 5.32 Å². The Balaban J connectivity index is 2.39. The third-order valence-electron chi connectivity index (χ3n) is 3.13. The van der Waals surface area contributed by atoms with E-state index in [1.54, 1.807) is 0 Å². The first kappa shape index (κ1) is 12.7. The molecule has 1 N–H and O–H groups in total. The molecular weight excluding hydrogens is 190 g/mol. The van der Waals surface area contributed by atoms with Crippen LogP contribution in [0, 0.1) is 5.92 Å². The van der Waals surface area contributed by atoms with Crippen molar-refractivity contribution in [3.63, 3.8) is 0 Å². The van der Waals surface area contributed by atoms with Gasteiger partial charge in [0.25, 0.3) is 0 Å². The minimum atomic E-state index is -0.368. The lowest BCUT2D eigenvalue weighted by atomic mass is 9.87. The van der Waals surface area contributed by atoms with Crippen LogP contribution in [0.1, 0.15) is 40.0 Å². The lowest BCUT2D eigenvalue weighted by Crippen LogP contribution is -2.47.